The van der Waals surface area contributed by atoms with Gasteiger partial charge in [-0.3, -0.25) is 4.48 Å². The zero-order chi connectivity index (χ0) is 14.8. The molecular formula is C18H36N+. The number of hydrogen-bond acceptors (Lipinski definition) is 0. The predicted octanol–water partition coefficient (Wildman–Crippen LogP) is 4.94. The van der Waals surface area contributed by atoms with Crippen LogP contribution in [0, 0.1) is 29.6 Å². The Balaban J connectivity index is 2.55. The van der Waals surface area contributed by atoms with Gasteiger partial charge in [0.15, 0.2) is 0 Å². The van der Waals surface area contributed by atoms with E-state index in [2.05, 4.69) is 55.2 Å². The lowest BCUT2D eigenvalue weighted by atomic mass is 9.88. The molecule has 0 aliphatic heterocycles. The van der Waals surface area contributed by atoms with Crippen molar-refractivity contribution in [1.82, 2.24) is 0 Å². The second kappa shape index (κ2) is 6.43. The summed E-state index contributed by atoms with van der Waals surface area (Å²) in [5.41, 5.74) is 1.34. The molecule has 0 aromatic heterocycles. The molecule has 0 aromatic carbocycles. The van der Waals surface area contributed by atoms with E-state index in [0.717, 1.165) is 34.1 Å². The number of allylic oxidation sites excluding steroid dienone is 1. The van der Waals surface area contributed by atoms with Gasteiger partial charge in [-0.25, -0.2) is 0 Å². The molecule has 19 heavy (non-hydrogen) atoms. The molecule has 1 aliphatic rings. The van der Waals surface area contributed by atoms with E-state index in [9.17, 15) is 0 Å². The Labute approximate surface area is 121 Å². The third-order valence-corrected chi connectivity index (χ3v) is 5.46. The van der Waals surface area contributed by atoms with E-state index >= 15 is 0 Å². The number of rotatable bonds is 8. The molecule has 1 heteroatoms. The molecule has 5 atom stereocenters. The Morgan fingerprint density at radius 3 is 2.16 bits per heavy atom. The normalized spacial score (nSPS) is 28.8. The van der Waals surface area contributed by atoms with Gasteiger partial charge >= 0.3 is 0 Å². The highest BCUT2D eigenvalue weighted by atomic mass is 15.3. The highest BCUT2D eigenvalue weighted by Crippen LogP contribution is 2.40. The first-order valence-electron chi connectivity index (χ1n) is 8.16. The molecule has 0 radical (unpaired) electrons. The fourth-order valence-corrected chi connectivity index (χ4v) is 3.23. The van der Waals surface area contributed by atoms with Gasteiger partial charge in [-0.1, -0.05) is 34.6 Å². The summed E-state index contributed by atoms with van der Waals surface area (Å²) in [6.45, 7) is 20.9. The smallest absolute Gasteiger partial charge is 0.0982 e. The largest absolute Gasteiger partial charge is 0.297 e. The van der Waals surface area contributed by atoms with Crippen LogP contribution in [0.15, 0.2) is 12.3 Å². The Bertz CT molecular complexity index is 307. The number of nitrogens with zero attached hydrogens (tertiary/aromatic N) is 1. The summed E-state index contributed by atoms with van der Waals surface area (Å²) in [5, 5.41) is 0. The van der Waals surface area contributed by atoms with Gasteiger partial charge in [-0.05, 0) is 37.2 Å². The molecule has 1 saturated carbocycles. The van der Waals surface area contributed by atoms with E-state index in [1.54, 1.807) is 0 Å². The third kappa shape index (κ3) is 4.95. The molecule has 0 spiro atoms. The molecule has 0 bridgehead atoms. The summed E-state index contributed by atoms with van der Waals surface area (Å²) in [6, 6.07) is 0. The maximum atomic E-state index is 4.27. The van der Waals surface area contributed by atoms with E-state index in [0.29, 0.717) is 0 Å². The molecule has 1 rings (SSSR count). The lowest BCUT2D eigenvalue weighted by molar-refractivity contribution is -0.877. The first-order chi connectivity index (χ1) is 8.65. The van der Waals surface area contributed by atoms with Crippen molar-refractivity contribution in [2.75, 3.05) is 20.1 Å². The molecule has 0 aromatic rings. The molecule has 0 saturated heterocycles. The molecule has 5 unspecified atom stereocenters. The number of quaternary nitrogens is 1. The Morgan fingerprint density at radius 1 is 1.26 bits per heavy atom. The minimum Gasteiger partial charge on any atom is -0.297 e. The van der Waals surface area contributed by atoms with Crippen LogP contribution in [0.3, 0.4) is 0 Å². The van der Waals surface area contributed by atoms with Crippen LogP contribution in [0.5, 0.6) is 0 Å². The quantitative estimate of drug-likeness (QED) is 0.546. The van der Waals surface area contributed by atoms with E-state index in [1.165, 1.54) is 31.6 Å². The highest BCUT2D eigenvalue weighted by molar-refractivity contribution is 4.86. The van der Waals surface area contributed by atoms with Gasteiger partial charge in [0, 0.05) is 18.8 Å². The van der Waals surface area contributed by atoms with Crippen LogP contribution in [0.25, 0.3) is 0 Å². The minimum atomic E-state index is 0.785. The standard InChI is InChI=1S/C18H36N/c1-13(2)16(6)9-15(5)11-19(8,14(3)4)12-18-10-17(18)7/h13,15-18H,3,9-12H2,1-2,4-8H3/q+1. The van der Waals surface area contributed by atoms with E-state index in [1.807, 2.05) is 0 Å². The molecule has 112 valence electrons. The van der Waals surface area contributed by atoms with Crippen molar-refractivity contribution in [2.45, 2.75) is 54.4 Å². The van der Waals surface area contributed by atoms with Crippen LogP contribution in [0.1, 0.15) is 54.4 Å². The highest BCUT2D eigenvalue weighted by Gasteiger charge is 2.40. The molecule has 0 heterocycles. The molecule has 1 aliphatic carbocycles. The molecular weight excluding hydrogens is 230 g/mol. The lowest BCUT2D eigenvalue weighted by Crippen LogP contribution is -2.46. The topological polar surface area (TPSA) is 0 Å². The summed E-state index contributed by atoms with van der Waals surface area (Å²) in [6.07, 6.45) is 2.77. The fraction of sp³-hybridized carbons (Fsp3) is 0.889. The predicted molar refractivity (Wildman–Crippen MR) is 85.8 cm³/mol. The van der Waals surface area contributed by atoms with Crippen molar-refractivity contribution in [1.29, 1.82) is 0 Å². The zero-order valence-corrected chi connectivity index (χ0v) is 14.4. The van der Waals surface area contributed by atoms with E-state index in [-0.39, 0.29) is 0 Å². The SMILES string of the molecule is C=C(C)[N+](C)(CC(C)CC(C)C(C)C)CC1CC1C. The van der Waals surface area contributed by atoms with Crippen LogP contribution in [0.4, 0.5) is 0 Å². The second-order valence-corrected chi connectivity index (χ2v) is 8.03. The van der Waals surface area contributed by atoms with Crippen LogP contribution in [-0.2, 0) is 0 Å². The Hall–Kier alpha value is -0.300. The Kier molecular flexibility index (Phi) is 5.67. The summed E-state index contributed by atoms with van der Waals surface area (Å²) in [4.78, 5) is 0. The molecule has 0 amide bonds. The molecule has 1 nitrogen and oxygen atoms in total. The van der Waals surface area contributed by atoms with E-state index in [4.69, 9.17) is 0 Å². The van der Waals surface area contributed by atoms with Crippen molar-refractivity contribution >= 4 is 0 Å². The average Bonchev–Trinajstić information content (AvgIpc) is 2.92. The maximum absolute atomic E-state index is 4.27. The lowest BCUT2D eigenvalue weighted by Gasteiger charge is -2.37. The summed E-state index contributed by atoms with van der Waals surface area (Å²) < 4.78 is 1.08. The van der Waals surface area contributed by atoms with Gasteiger partial charge in [0.05, 0.1) is 25.8 Å². The monoisotopic (exact) mass is 266 g/mol. The van der Waals surface area contributed by atoms with Gasteiger partial charge < -0.3 is 0 Å². The van der Waals surface area contributed by atoms with Crippen LogP contribution in [-0.4, -0.2) is 24.6 Å². The Morgan fingerprint density at radius 2 is 1.79 bits per heavy atom. The van der Waals surface area contributed by atoms with Crippen molar-refractivity contribution in [3.05, 3.63) is 12.3 Å². The van der Waals surface area contributed by atoms with Crippen LogP contribution >= 0.6 is 0 Å². The van der Waals surface area contributed by atoms with Crippen LogP contribution in [0.2, 0.25) is 0 Å². The third-order valence-electron chi connectivity index (χ3n) is 5.46. The second-order valence-electron chi connectivity index (χ2n) is 8.03. The minimum absolute atomic E-state index is 0.785. The first kappa shape index (κ1) is 16.8. The maximum Gasteiger partial charge on any atom is 0.0982 e. The summed E-state index contributed by atoms with van der Waals surface area (Å²) in [5.74, 6) is 4.30. The summed E-state index contributed by atoms with van der Waals surface area (Å²) >= 11 is 0. The zero-order valence-electron chi connectivity index (χ0n) is 14.4. The van der Waals surface area contributed by atoms with Crippen molar-refractivity contribution in [3.63, 3.8) is 0 Å². The van der Waals surface area contributed by atoms with Crippen molar-refractivity contribution in [3.8, 4) is 0 Å². The average molecular weight is 266 g/mol. The van der Waals surface area contributed by atoms with Gasteiger partial charge in [0.2, 0.25) is 0 Å². The van der Waals surface area contributed by atoms with Crippen molar-refractivity contribution in [2.24, 2.45) is 29.6 Å². The first-order valence-corrected chi connectivity index (χ1v) is 8.16. The van der Waals surface area contributed by atoms with Crippen molar-refractivity contribution < 1.29 is 4.48 Å². The molecule has 1 fully saturated rings. The van der Waals surface area contributed by atoms with Gasteiger partial charge in [0.1, 0.15) is 0 Å². The molecule has 0 N–H and O–H groups in total. The van der Waals surface area contributed by atoms with E-state index < -0.39 is 0 Å². The fourth-order valence-electron chi connectivity index (χ4n) is 3.23. The van der Waals surface area contributed by atoms with Gasteiger partial charge in [-0.2, -0.15) is 0 Å². The number of hydrogen-bond donors (Lipinski definition) is 0. The van der Waals surface area contributed by atoms with Crippen LogP contribution < -0.4 is 0 Å². The van der Waals surface area contributed by atoms with Gasteiger partial charge in [-0.15, -0.1) is 0 Å². The van der Waals surface area contributed by atoms with Gasteiger partial charge in [0.25, 0.3) is 0 Å². The summed E-state index contributed by atoms with van der Waals surface area (Å²) in [7, 11) is 2.39.